The molecule has 1 rings (SSSR count). The molecule has 0 amide bonds. The molecule has 18 heavy (non-hydrogen) atoms. The molecule has 0 aliphatic carbocycles. The zero-order chi connectivity index (χ0) is 14.6. The number of carboxylic acid groups (broad SMARTS) is 1. The fourth-order valence-electron chi connectivity index (χ4n) is 0.672. The van der Waals surface area contributed by atoms with E-state index in [9.17, 15) is 26.3 Å². The fraction of sp³-hybridized carbons (Fsp3) is 0.222. The van der Waals surface area contributed by atoms with Crippen molar-refractivity contribution in [1.29, 1.82) is 0 Å². The van der Waals surface area contributed by atoms with Crippen LogP contribution in [0.25, 0.3) is 0 Å². The van der Waals surface area contributed by atoms with Crippen molar-refractivity contribution in [3.8, 4) is 0 Å². The van der Waals surface area contributed by atoms with Crippen LogP contribution in [0.5, 0.6) is 0 Å². The Morgan fingerprint density at radius 1 is 1.00 bits per heavy atom. The number of hydrogen-bond acceptors (Lipinski definition) is 2. The highest BCUT2D eigenvalue weighted by Gasteiger charge is 2.38. The van der Waals surface area contributed by atoms with Gasteiger partial charge in [0, 0.05) is 5.69 Å². The Morgan fingerprint density at radius 3 is 1.56 bits per heavy atom. The van der Waals surface area contributed by atoms with Crippen molar-refractivity contribution < 1.29 is 36.2 Å². The third-order valence-corrected chi connectivity index (χ3v) is 1.48. The number of carboxylic acids is 1. The highest BCUT2D eigenvalue weighted by Crippen LogP contribution is 2.29. The van der Waals surface area contributed by atoms with Gasteiger partial charge in [-0.1, -0.05) is 0 Å². The van der Waals surface area contributed by atoms with Crippen molar-refractivity contribution in [2.75, 3.05) is 5.73 Å². The second kappa shape index (κ2) is 5.61. The minimum Gasteiger partial charge on any atom is -0.475 e. The summed E-state index contributed by atoms with van der Waals surface area (Å²) in [7, 11) is 0. The van der Waals surface area contributed by atoms with Gasteiger partial charge >= 0.3 is 18.3 Å². The summed E-state index contributed by atoms with van der Waals surface area (Å²) in [4.78, 5) is 8.90. The molecule has 0 fully saturated rings. The van der Waals surface area contributed by atoms with Gasteiger partial charge in [0.2, 0.25) is 0 Å². The molecule has 0 atom stereocenters. The van der Waals surface area contributed by atoms with Gasteiger partial charge in [-0.15, -0.1) is 0 Å². The van der Waals surface area contributed by atoms with Gasteiger partial charge in [0.15, 0.2) is 0 Å². The van der Waals surface area contributed by atoms with E-state index in [1.54, 1.807) is 0 Å². The summed E-state index contributed by atoms with van der Waals surface area (Å²) in [5.74, 6) is -2.76. The molecule has 3 nitrogen and oxygen atoms in total. The fourth-order valence-corrected chi connectivity index (χ4v) is 0.672. The number of alkyl halides is 6. The van der Waals surface area contributed by atoms with Crippen LogP contribution in [0, 0.1) is 0 Å². The Labute approximate surface area is 96.8 Å². The van der Waals surface area contributed by atoms with Gasteiger partial charge in [-0.05, 0) is 24.3 Å². The lowest BCUT2D eigenvalue weighted by Gasteiger charge is -2.05. The summed E-state index contributed by atoms with van der Waals surface area (Å²) in [6.45, 7) is 0. The second-order valence-electron chi connectivity index (χ2n) is 2.92. The molecule has 0 spiro atoms. The van der Waals surface area contributed by atoms with E-state index >= 15 is 0 Å². The highest BCUT2D eigenvalue weighted by molar-refractivity contribution is 5.73. The summed E-state index contributed by atoms with van der Waals surface area (Å²) in [5, 5.41) is 7.12. The molecule has 0 saturated carbocycles. The average Bonchev–Trinajstić information content (AvgIpc) is 2.16. The van der Waals surface area contributed by atoms with Gasteiger partial charge in [0.05, 0.1) is 5.56 Å². The predicted molar refractivity (Wildman–Crippen MR) is 49.5 cm³/mol. The van der Waals surface area contributed by atoms with Crippen molar-refractivity contribution in [2.45, 2.75) is 12.4 Å². The van der Waals surface area contributed by atoms with Gasteiger partial charge in [-0.25, -0.2) is 4.79 Å². The molecular weight excluding hydrogens is 268 g/mol. The monoisotopic (exact) mass is 275 g/mol. The van der Waals surface area contributed by atoms with Crippen LogP contribution in [0.1, 0.15) is 5.56 Å². The first kappa shape index (κ1) is 16.1. The van der Waals surface area contributed by atoms with Gasteiger partial charge in [-0.2, -0.15) is 26.3 Å². The van der Waals surface area contributed by atoms with Crippen LogP contribution in [0.3, 0.4) is 0 Å². The van der Waals surface area contributed by atoms with Crippen LogP contribution >= 0.6 is 0 Å². The quantitative estimate of drug-likeness (QED) is 0.565. The summed E-state index contributed by atoms with van der Waals surface area (Å²) < 4.78 is 67.4. The molecule has 3 N–H and O–H groups in total. The lowest BCUT2D eigenvalue weighted by Crippen LogP contribution is -2.21. The second-order valence-corrected chi connectivity index (χ2v) is 2.92. The largest absolute Gasteiger partial charge is 0.490 e. The van der Waals surface area contributed by atoms with E-state index in [0.29, 0.717) is 5.69 Å². The molecule has 0 heterocycles. The molecule has 0 aromatic heterocycles. The maximum Gasteiger partial charge on any atom is 0.490 e. The molecular formula is C9H7F6NO2. The van der Waals surface area contributed by atoms with Gasteiger partial charge in [0.1, 0.15) is 0 Å². The van der Waals surface area contributed by atoms with Crippen LogP contribution in [0.15, 0.2) is 24.3 Å². The number of nitrogens with two attached hydrogens (primary N) is 1. The lowest BCUT2D eigenvalue weighted by molar-refractivity contribution is -0.192. The number of hydrogen-bond donors (Lipinski definition) is 2. The Hall–Kier alpha value is -1.93. The molecule has 1 aromatic carbocycles. The zero-order valence-electron chi connectivity index (χ0n) is 8.51. The smallest absolute Gasteiger partial charge is 0.475 e. The maximum atomic E-state index is 11.9. The van der Waals surface area contributed by atoms with E-state index in [1.807, 2.05) is 0 Å². The number of anilines is 1. The number of benzene rings is 1. The van der Waals surface area contributed by atoms with Gasteiger partial charge in [-0.3, -0.25) is 0 Å². The number of nitrogen functional groups attached to an aromatic ring is 1. The Balaban J connectivity index is 0.000000360. The van der Waals surface area contributed by atoms with E-state index < -0.39 is 23.9 Å². The lowest BCUT2D eigenvalue weighted by atomic mass is 10.2. The molecule has 1 aromatic rings. The molecule has 0 radical (unpaired) electrons. The maximum absolute atomic E-state index is 11.9. The van der Waals surface area contributed by atoms with Crippen molar-refractivity contribution in [3.63, 3.8) is 0 Å². The van der Waals surface area contributed by atoms with Crippen LogP contribution < -0.4 is 5.73 Å². The van der Waals surface area contributed by atoms with Crippen molar-refractivity contribution in [2.24, 2.45) is 0 Å². The Morgan fingerprint density at radius 2 is 1.33 bits per heavy atom. The summed E-state index contributed by atoms with van der Waals surface area (Å²) >= 11 is 0. The van der Waals surface area contributed by atoms with E-state index in [0.717, 1.165) is 12.1 Å². The highest BCUT2D eigenvalue weighted by atomic mass is 19.4. The van der Waals surface area contributed by atoms with Gasteiger partial charge < -0.3 is 10.8 Å². The Kier molecular flexibility index (Phi) is 5.00. The van der Waals surface area contributed by atoms with E-state index in [2.05, 4.69) is 0 Å². The van der Waals surface area contributed by atoms with Crippen molar-refractivity contribution in [3.05, 3.63) is 29.8 Å². The van der Waals surface area contributed by atoms with Crippen LogP contribution in [-0.4, -0.2) is 17.3 Å². The van der Waals surface area contributed by atoms with Crippen LogP contribution in [-0.2, 0) is 11.0 Å². The van der Waals surface area contributed by atoms with E-state index in [1.165, 1.54) is 12.1 Å². The number of aliphatic carboxylic acids is 1. The summed E-state index contributed by atoms with van der Waals surface area (Å²) in [6, 6.07) is 4.36. The number of halogens is 6. The molecule has 0 saturated heterocycles. The SMILES string of the molecule is Nc1ccc(C(F)(F)F)cc1.O=C(O)C(F)(F)F. The minimum atomic E-state index is -5.08. The topological polar surface area (TPSA) is 63.3 Å². The summed E-state index contributed by atoms with van der Waals surface area (Å²) in [5.41, 5.74) is 4.86. The van der Waals surface area contributed by atoms with Gasteiger partial charge in [0.25, 0.3) is 0 Å². The molecule has 0 unspecified atom stereocenters. The van der Waals surface area contributed by atoms with E-state index in [4.69, 9.17) is 15.6 Å². The third-order valence-electron chi connectivity index (χ3n) is 1.48. The van der Waals surface area contributed by atoms with Crippen molar-refractivity contribution >= 4 is 11.7 Å². The Bertz CT molecular complexity index is 395. The summed E-state index contributed by atoms with van der Waals surface area (Å²) in [6.07, 6.45) is -9.35. The molecule has 0 aliphatic rings. The molecule has 102 valence electrons. The average molecular weight is 275 g/mol. The number of rotatable bonds is 0. The first-order valence-corrected chi connectivity index (χ1v) is 4.17. The molecule has 9 heteroatoms. The first-order valence-electron chi connectivity index (χ1n) is 4.17. The first-order chi connectivity index (χ1) is 7.94. The number of carbonyl (C=O) groups is 1. The molecule has 0 aliphatic heterocycles. The molecule has 0 bridgehead atoms. The van der Waals surface area contributed by atoms with Crippen LogP contribution in [0.2, 0.25) is 0 Å². The predicted octanol–water partition coefficient (Wildman–Crippen LogP) is 2.92. The van der Waals surface area contributed by atoms with Crippen LogP contribution in [0.4, 0.5) is 32.0 Å². The standard InChI is InChI=1S/C7H6F3N.C2HF3O2/c8-7(9,10)5-1-3-6(11)4-2-5;3-2(4,5)1(6)7/h1-4H,11H2;(H,6,7). The third kappa shape index (κ3) is 5.97. The van der Waals surface area contributed by atoms with E-state index in [-0.39, 0.29) is 0 Å². The minimum absolute atomic E-state index is 0.331. The van der Waals surface area contributed by atoms with Crippen molar-refractivity contribution in [1.82, 2.24) is 0 Å². The normalized spacial score (nSPS) is 11.4. The zero-order valence-corrected chi connectivity index (χ0v) is 8.51.